The first-order valence-electron chi connectivity index (χ1n) is 8.49. The van der Waals surface area contributed by atoms with Crippen LogP contribution in [0.3, 0.4) is 0 Å². The molecule has 0 saturated carbocycles. The lowest BCUT2D eigenvalue weighted by Gasteiger charge is -2.08. The number of aromatic carboxylic acids is 1. The maximum Gasteiger partial charge on any atom is 0.266 e. The van der Waals surface area contributed by atoms with Gasteiger partial charge in [0.15, 0.2) is 0 Å². The van der Waals surface area contributed by atoms with E-state index in [-0.39, 0.29) is 22.7 Å². The van der Waals surface area contributed by atoms with E-state index < -0.39 is 11.9 Å². The lowest BCUT2D eigenvalue weighted by molar-refractivity contribution is -0.254. The number of amides is 1. The van der Waals surface area contributed by atoms with Crippen LogP contribution in [-0.2, 0) is 4.79 Å². The zero-order chi connectivity index (χ0) is 21.0. The van der Waals surface area contributed by atoms with E-state index in [2.05, 4.69) is 5.32 Å². The highest BCUT2D eigenvalue weighted by molar-refractivity contribution is 6.31. The summed E-state index contributed by atoms with van der Waals surface area (Å²) < 4.78 is 5.62. The number of nitrogens with one attached hydrogen (secondary N) is 1. The fourth-order valence-corrected chi connectivity index (χ4v) is 2.85. The van der Waals surface area contributed by atoms with Crippen LogP contribution in [0.4, 0.5) is 5.69 Å². The lowest BCUT2D eigenvalue weighted by atomic mass is 10.1. The minimum atomic E-state index is -1.33. The number of nitrogens with zero attached hydrogens (tertiary/aromatic N) is 1. The van der Waals surface area contributed by atoms with Gasteiger partial charge < -0.3 is 19.6 Å². The van der Waals surface area contributed by atoms with E-state index in [1.165, 1.54) is 18.2 Å². The molecule has 0 bridgehead atoms. The van der Waals surface area contributed by atoms with Gasteiger partial charge in [0.1, 0.15) is 23.2 Å². The number of rotatable bonds is 5. The fourth-order valence-electron chi connectivity index (χ4n) is 2.67. The molecular weight excluding hydrogens is 392 g/mol. The molecular formula is C22H14ClN2O4-. The Balaban J connectivity index is 1.88. The third-order valence-electron chi connectivity index (χ3n) is 4.21. The van der Waals surface area contributed by atoms with Crippen LogP contribution in [0.2, 0.25) is 5.02 Å². The predicted octanol–water partition coefficient (Wildman–Crippen LogP) is 3.82. The Labute approximate surface area is 171 Å². The van der Waals surface area contributed by atoms with Crippen LogP contribution in [0.25, 0.3) is 17.4 Å². The Morgan fingerprint density at radius 1 is 1.14 bits per heavy atom. The number of nitriles is 1. The van der Waals surface area contributed by atoms with E-state index in [0.717, 1.165) is 0 Å². The van der Waals surface area contributed by atoms with Crippen molar-refractivity contribution in [1.29, 1.82) is 5.26 Å². The van der Waals surface area contributed by atoms with Crippen molar-refractivity contribution in [3.8, 4) is 17.4 Å². The van der Waals surface area contributed by atoms with Crippen LogP contribution in [0.15, 0.2) is 64.6 Å². The third-order valence-corrected chi connectivity index (χ3v) is 4.62. The van der Waals surface area contributed by atoms with Gasteiger partial charge in [-0.2, -0.15) is 5.26 Å². The van der Waals surface area contributed by atoms with Gasteiger partial charge >= 0.3 is 0 Å². The van der Waals surface area contributed by atoms with Gasteiger partial charge in [-0.25, -0.2) is 0 Å². The second-order valence-electron chi connectivity index (χ2n) is 6.07. The molecule has 1 heterocycles. The molecule has 6 nitrogen and oxygen atoms in total. The minimum absolute atomic E-state index is 0.0212. The number of carboxylic acids is 1. The molecule has 2 aromatic carbocycles. The first-order chi connectivity index (χ1) is 13.9. The van der Waals surface area contributed by atoms with Gasteiger partial charge in [0.2, 0.25) is 0 Å². The highest BCUT2D eigenvalue weighted by Gasteiger charge is 2.14. The molecule has 0 saturated heterocycles. The Morgan fingerprint density at radius 3 is 2.62 bits per heavy atom. The van der Waals surface area contributed by atoms with E-state index in [4.69, 9.17) is 16.0 Å². The molecule has 0 fully saturated rings. The van der Waals surface area contributed by atoms with Crippen molar-refractivity contribution >= 4 is 35.2 Å². The first-order valence-corrected chi connectivity index (χ1v) is 8.87. The van der Waals surface area contributed by atoms with Crippen LogP contribution in [0.1, 0.15) is 21.7 Å². The summed E-state index contributed by atoms with van der Waals surface area (Å²) in [6.45, 7) is 1.75. The zero-order valence-electron chi connectivity index (χ0n) is 15.2. The van der Waals surface area contributed by atoms with Gasteiger partial charge in [0.05, 0.1) is 5.97 Å². The summed E-state index contributed by atoms with van der Waals surface area (Å²) in [5.41, 5.74) is 1.31. The van der Waals surface area contributed by atoms with Crippen LogP contribution in [0.5, 0.6) is 0 Å². The number of anilines is 1. The fraction of sp³-hybridized carbons (Fsp3) is 0.0455. The van der Waals surface area contributed by atoms with Gasteiger partial charge in [-0.15, -0.1) is 0 Å². The van der Waals surface area contributed by atoms with Crippen molar-refractivity contribution in [2.75, 3.05) is 5.32 Å². The van der Waals surface area contributed by atoms with Crippen molar-refractivity contribution in [2.45, 2.75) is 6.92 Å². The number of hydrogen-bond donors (Lipinski definition) is 1. The van der Waals surface area contributed by atoms with E-state index >= 15 is 0 Å². The van der Waals surface area contributed by atoms with Crippen molar-refractivity contribution in [3.63, 3.8) is 0 Å². The van der Waals surface area contributed by atoms with Crippen molar-refractivity contribution in [3.05, 3.63) is 82.1 Å². The lowest BCUT2D eigenvalue weighted by Crippen LogP contribution is -2.22. The first kappa shape index (κ1) is 19.9. The summed E-state index contributed by atoms with van der Waals surface area (Å²) in [5, 5.41) is 23.8. The molecule has 0 unspecified atom stereocenters. The van der Waals surface area contributed by atoms with Crippen LogP contribution >= 0.6 is 11.6 Å². The molecule has 7 heteroatoms. The Morgan fingerprint density at radius 2 is 1.90 bits per heavy atom. The summed E-state index contributed by atoms with van der Waals surface area (Å²) in [6.07, 6.45) is 1.28. The molecule has 0 atom stereocenters. The summed E-state index contributed by atoms with van der Waals surface area (Å²) >= 11 is 6.04. The van der Waals surface area contributed by atoms with E-state index in [1.54, 1.807) is 49.4 Å². The van der Waals surface area contributed by atoms with Crippen LogP contribution < -0.4 is 10.4 Å². The molecule has 0 radical (unpaired) electrons. The van der Waals surface area contributed by atoms with Crippen LogP contribution in [0, 0.1) is 18.3 Å². The summed E-state index contributed by atoms with van der Waals surface area (Å²) in [7, 11) is 0. The van der Waals surface area contributed by atoms with Gasteiger partial charge in [-0.05, 0) is 36.8 Å². The number of halogens is 1. The maximum absolute atomic E-state index is 12.5. The molecule has 1 aromatic heterocycles. The van der Waals surface area contributed by atoms with Crippen molar-refractivity contribution in [2.24, 2.45) is 0 Å². The van der Waals surface area contributed by atoms with Crippen LogP contribution in [-0.4, -0.2) is 11.9 Å². The molecule has 0 aliphatic rings. The van der Waals surface area contributed by atoms with E-state index in [0.29, 0.717) is 21.8 Å². The molecule has 0 aliphatic carbocycles. The van der Waals surface area contributed by atoms with Gasteiger partial charge in [-0.1, -0.05) is 41.9 Å². The average molecular weight is 406 g/mol. The molecule has 0 spiro atoms. The van der Waals surface area contributed by atoms with E-state index in [9.17, 15) is 20.0 Å². The second kappa shape index (κ2) is 8.46. The number of carbonyl (C=O) groups excluding carboxylic acids is 2. The molecule has 1 N–H and O–H groups in total. The summed E-state index contributed by atoms with van der Waals surface area (Å²) in [6, 6.07) is 16.2. The van der Waals surface area contributed by atoms with Gasteiger partial charge in [0, 0.05) is 27.9 Å². The molecule has 3 aromatic rings. The smallest absolute Gasteiger partial charge is 0.266 e. The normalized spacial score (nSPS) is 11.0. The number of carbonyl (C=O) groups is 2. The quantitative estimate of drug-likeness (QED) is 0.513. The standard InChI is InChI=1S/C22H15ClN2O4/c1-13-18(23)7-4-8-19(13)25-21(26)14(12-24)11-15-9-10-20(29-15)16-5-2-3-6-17(16)22(27)28/h2-11H,1H3,(H,25,26)(H,27,28)/p-1/b14-11+. The topological polar surface area (TPSA) is 106 Å². The number of furan rings is 1. The zero-order valence-corrected chi connectivity index (χ0v) is 16.0. The second-order valence-corrected chi connectivity index (χ2v) is 6.48. The number of carboxylic acid groups (broad SMARTS) is 1. The highest BCUT2D eigenvalue weighted by Crippen LogP contribution is 2.27. The molecule has 144 valence electrons. The molecule has 0 aliphatic heterocycles. The van der Waals surface area contributed by atoms with Gasteiger partial charge in [-0.3, -0.25) is 4.79 Å². The highest BCUT2D eigenvalue weighted by atomic mass is 35.5. The molecule has 3 rings (SSSR count). The minimum Gasteiger partial charge on any atom is -0.545 e. The Kier molecular flexibility index (Phi) is 5.82. The Hall–Kier alpha value is -3.82. The number of benzene rings is 2. The maximum atomic E-state index is 12.5. The Bertz CT molecular complexity index is 1170. The predicted molar refractivity (Wildman–Crippen MR) is 107 cm³/mol. The third kappa shape index (κ3) is 4.37. The van der Waals surface area contributed by atoms with Crippen molar-refractivity contribution < 1.29 is 19.1 Å². The monoisotopic (exact) mass is 405 g/mol. The van der Waals surface area contributed by atoms with E-state index in [1.807, 2.05) is 6.07 Å². The molecule has 29 heavy (non-hydrogen) atoms. The summed E-state index contributed by atoms with van der Waals surface area (Å²) in [5.74, 6) is -1.45. The number of hydrogen-bond acceptors (Lipinski definition) is 5. The molecule has 1 amide bonds. The van der Waals surface area contributed by atoms with Gasteiger partial charge in [0.25, 0.3) is 5.91 Å². The average Bonchev–Trinajstić information content (AvgIpc) is 3.18. The largest absolute Gasteiger partial charge is 0.545 e. The van der Waals surface area contributed by atoms with Crippen molar-refractivity contribution in [1.82, 2.24) is 0 Å². The summed E-state index contributed by atoms with van der Waals surface area (Å²) in [4.78, 5) is 23.7. The SMILES string of the molecule is Cc1c(Cl)cccc1NC(=O)/C(C#N)=C/c1ccc(-c2ccccc2C(=O)[O-])o1.